The molecule has 0 radical (unpaired) electrons. The number of phosphoric ester groups is 2. The van der Waals surface area contributed by atoms with Crippen LogP contribution in [0.5, 0.6) is 0 Å². The van der Waals surface area contributed by atoms with Crippen LogP contribution in [0, 0.1) is 0 Å². The number of carbonyl (C=O) groups is 2. The highest BCUT2D eigenvalue weighted by atomic mass is 31.3. The number of rotatable bonds is 41. The van der Waals surface area contributed by atoms with Gasteiger partial charge >= 0.3 is 33.3 Å². The first kappa shape index (κ1) is 67.4. The fourth-order valence-corrected chi connectivity index (χ4v) is 9.01. The number of ether oxygens (including phenoxy) is 3. The van der Waals surface area contributed by atoms with Crippen molar-refractivity contribution in [3.05, 3.63) is 132 Å². The molecule has 0 amide bonds. The number of nitrogens with two attached hydrogens (primary N) is 1. The van der Waals surface area contributed by atoms with E-state index in [9.17, 15) is 53.7 Å². The van der Waals surface area contributed by atoms with Gasteiger partial charge in [-0.25, -0.2) is 13.9 Å². The van der Waals surface area contributed by atoms with Crippen molar-refractivity contribution in [2.24, 2.45) is 0 Å². The summed E-state index contributed by atoms with van der Waals surface area (Å²) in [5.41, 5.74) is 4.56. The normalized spacial score (nSPS) is 20.4. The van der Waals surface area contributed by atoms with Crippen LogP contribution in [0.15, 0.2) is 126 Å². The van der Waals surface area contributed by atoms with Crippen LogP contribution in [0.1, 0.15) is 136 Å². The van der Waals surface area contributed by atoms with Crippen molar-refractivity contribution in [1.82, 2.24) is 9.55 Å². The minimum absolute atomic E-state index is 0.123. The summed E-state index contributed by atoms with van der Waals surface area (Å²) < 4.78 is 56.5. The van der Waals surface area contributed by atoms with Crippen LogP contribution < -0.4 is 11.4 Å². The number of nitrogens with zero attached hydrogens (tertiary/aromatic N) is 2. The van der Waals surface area contributed by atoms with Crippen molar-refractivity contribution < 1.29 is 76.5 Å². The molecule has 1 aromatic rings. The molecule has 426 valence electrons. The van der Waals surface area contributed by atoms with Gasteiger partial charge in [0, 0.05) is 19.0 Å². The number of carbonyl (C=O) groups excluding carboxylic acids is 2. The second-order valence-corrected chi connectivity index (χ2v) is 20.8. The standard InChI is InChI=1S/C54H83N3O17P2/c1-3-5-7-9-11-12-13-14-15-16-17-18-19-20-21-22-23-25-31-37-50(61)72-46(41-69-49(60)38-32-36-45(59)35-30-27-26-29-34-44(58)33-28-24-10-8-6-4-2)42-70-75(65,66)74-76(67,68)71-43-47-51(62)52(63)53(73-47)57-40-39-48(55)56-54(57)64/h11-12,14-15,17-18,20-21,23-30,34-35,39-40,44-47,51-53,58-59,62-63H,3-10,13,16,19,22,31-33,36-38,41-43H2,1-2H3,(H,65,66)(H,67,68)(H2,55,56,64)/b12-11-,15-14-,18-17-,21-20-,25-23-,27-26+,28-24-,34-29+,35-30-/t44-,45-,46-,47-,51-,52-,53-/m1/s1. The van der Waals surface area contributed by atoms with Crippen LogP contribution in [-0.4, -0.2) is 108 Å². The summed E-state index contributed by atoms with van der Waals surface area (Å²) in [4.78, 5) is 61.9. The molecule has 8 N–H and O–H groups in total. The lowest BCUT2D eigenvalue weighted by Crippen LogP contribution is -2.36. The van der Waals surface area contributed by atoms with Crippen molar-refractivity contribution in [3.8, 4) is 0 Å². The fourth-order valence-electron chi connectivity index (χ4n) is 6.90. The average Bonchev–Trinajstić information content (AvgIpc) is 3.65. The maximum absolute atomic E-state index is 12.9. The van der Waals surface area contributed by atoms with Gasteiger partial charge in [-0.05, 0) is 83.1 Å². The molecular weight excluding hydrogens is 1020 g/mol. The van der Waals surface area contributed by atoms with Crippen LogP contribution in [0.25, 0.3) is 0 Å². The lowest BCUT2D eigenvalue weighted by molar-refractivity contribution is -0.161. The van der Waals surface area contributed by atoms with E-state index in [0.29, 0.717) is 12.8 Å². The van der Waals surface area contributed by atoms with Gasteiger partial charge in [0.1, 0.15) is 30.7 Å². The number of aromatic nitrogens is 2. The molecule has 22 heteroatoms. The summed E-state index contributed by atoms with van der Waals surface area (Å²) in [5.74, 6) is -1.66. The van der Waals surface area contributed by atoms with Crippen molar-refractivity contribution in [3.63, 3.8) is 0 Å². The number of nitrogen functional groups attached to an aromatic ring is 1. The van der Waals surface area contributed by atoms with Crippen molar-refractivity contribution in [1.29, 1.82) is 0 Å². The fraction of sp³-hybridized carbons (Fsp3) is 0.556. The van der Waals surface area contributed by atoms with Gasteiger partial charge in [0.2, 0.25) is 0 Å². The number of aliphatic hydroxyl groups is 4. The molecule has 0 aromatic carbocycles. The zero-order chi connectivity index (χ0) is 55.9. The monoisotopic (exact) mass is 1110 g/mol. The quantitative estimate of drug-likeness (QED) is 0.0106. The van der Waals surface area contributed by atoms with Gasteiger partial charge < -0.3 is 50.2 Å². The zero-order valence-electron chi connectivity index (χ0n) is 44.0. The van der Waals surface area contributed by atoms with Crippen molar-refractivity contribution in [2.45, 2.75) is 172 Å². The molecule has 0 bridgehead atoms. The van der Waals surface area contributed by atoms with Gasteiger partial charge in [0.15, 0.2) is 12.3 Å². The van der Waals surface area contributed by atoms with Gasteiger partial charge in [0.05, 0.1) is 25.4 Å². The van der Waals surface area contributed by atoms with E-state index < -0.39 is 95.9 Å². The molecule has 0 spiro atoms. The number of hydrogen-bond donors (Lipinski definition) is 7. The Kier molecular flexibility index (Phi) is 36.0. The van der Waals surface area contributed by atoms with Gasteiger partial charge in [-0.3, -0.25) is 23.2 Å². The maximum atomic E-state index is 12.9. The highest BCUT2D eigenvalue weighted by Crippen LogP contribution is 2.60. The first-order chi connectivity index (χ1) is 36.5. The summed E-state index contributed by atoms with van der Waals surface area (Å²) in [7, 11) is -11.0. The molecule has 20 nitrogen and oxygen atoms in total. The van der Waals surface area contributed by atoms with Crippen LogP contribution in [0.3, 0.4) is 0 Å². The minimum Gasteiger partial charge on any atom is -0.462 e. The smallest absolute Gasteiger partial charge is 0.462 e. The SMILES string of the molecule is CCCCC/C=C\C/C=C\C/C=C\C/C=C\C/C=C\CCC(=O)O[C@H](COC(=O)CCC[C@H](O)\C=C/C=C/C=C/[C@H](O)C/C=C\CCCCC)COP(=O)(O)OP(=O)(O)OC[C@H]1O[C@@H](n2ccc(N)nc2=O)[C@H](O)[C@@H]1O. The lowest BCUT2D eigenvalue weighted by atomic mass is 10.1. The molecule has 9 atom stereocenters. The van der Waals surface area contributed by atoms with E-state index in [1.807, 2.05) is 24.3 Å². The maximum Gasteiger partial charge on any atom is 0.481 e. The van der Waals surface area contributed by atoms with E-state index >= 15 is 0 Å². The van der Waals surface area contributed by atoms with Crippen molar-refractivity contribution in [2.75, 3.05) is 25.6 Å². The Bertz CT molecular complexity index is 2240. The average molecular weight is 1110 g/mol. The summed E-state index contributed by atoms with van der Waals surface area (Å²) >= 11 is 0. The summed E-state index contributed by atoms with van der Waals surface area (Å²) in [6.07, 6.45) is 39.5. The van der Waals surface area contributed by atoms with Crippen molar-refractivity contribution >= 4 is 33.4 Å². The Balaban J connectivity index is 1.90. The third-order valence-electron chi connectivity index (χ3n) is 11.0. The van der Waals surface area contributed by atoms with E-state index in [1.54, 1.807) is 36.5 Å². The van der Waals surface area contributed by atoms with E-state index in [2.05, 4.69) is 65.7 Å². The van der Waals surface area contributed by atoms with E-state index in [-0.39, 0.29) is 37.9 Å². The molecule has 2 heterocycles. The van der Waals surface area contributed by atoms with E-state index in [0.717, 1.165) is 55.7 Å². The van der Waals surface area contributed by atoms with Crippen LogP contribution in [0.2, 0.25) is 0 Å². The molecule has 1 fully saturated rings. The Labute approximate surface area is 447 Å². The number of anilines is 1. The van der Waals surface area contributed by atoms with Gasteiger partial charge in [-0.15, -0.1) is 0 Å². The third kappa shape index (κ3) is 32.8. The Morgan fingerprint density at radius 2 is 1.26 bits per heavy atom. The molecule has 76 heavy (non-hydrogen) atoms. The first-order valence-electron chi connectivity index (χ1n) is 26.1. The summed E-state index contributed by atoms with van der Waals surface area (Å²) in [6, 6.07) is 1.23. The number of aliphatic hydroxyl groups excluding tert-OH is 4. The van der Waals surface area contributed by atoms with Gasteiger partial charge in [-0.1, -0.05) is 149 Å². The number of hydrogen-bond acceptors (Lipinski definition) is 17. The Hall–Kier alpha value is -4.66. The molecule has 1 aliphatic heterocycles. The molecule has 2 rings (SSSR count). The Morgan fingerprint density at radius 1 is 0.711 bits per heavy atom. The molecule has 0 aliphatic carbocycles. The third-order valence-corrected chi connectivity index (χ3v) is 13.6. The number of unbranched alkanes of at least 4 members (excludes halogenated alkanes) is 6. The highest BCUT2D eigenvalue weighted by Gasteiger charge is 2.46. The molecule has 1 aromatic heterocycles. The van der Waals surface area contributed by atoms with Gasteiger partial charge in [0.25, 0.3) is 0 Å². The predicted molar refractivity (Wildman–Crippen MR) is 291 cm³/mol. The molecule has 0 saturated carbocycles. The second kappa shape index (κ2) is 40.5. The highest BCUT2D eigenvalue weighted by molar-refractivity contribution is 7.61. The molecule has 1 saturated heterocycles. The lowest BCUT2D eigenvalue weighted by Gasteiger charge is -2.21. The van der Waals surface area contributed by atoms with Gasteiger partial charge in [-0.2, -0.15) is 9.29 Å². The molecular formula is C54H83N3O17P2. The number of phosphoric acid groups is 2. The Morgan fingerprint density at radius 3 is 1.86 bits per heavy atom. The number of allylic oxidation sites excluding steroid dienone is 15. The summed E-state index contributed by atoms with van der Waals surface area (Å²) in [6.45, 7) is 1.74. The van der Waals surface area contributed by atoms with E-state index in [4.69, 9.17) is 29.0 Å². The largest absolute Gasteiger partial charge is 0.481 e. The molecule has 1 aliphatic rings. The zero-order valence-corrected chi connectivity index (χ0v) is 45.8. The number of esters is 2. The first-order valence-corrected chi connectivity index (χ1v) is 29.1. The van der Waals surface area contributed by atoms with Crippen LogP contribution >= 0.6 is 15.6 Å². The predicted octanol–water partition coefficient (Wildman–Crippen LogP) is 8.94. The van der Waals surface area contributed by atoms with Crippen LogP contribution in [0.4, 0.5) is 5.82 Å². The second-order valence-electron chi connectivity index (χ2n) is 17.7. The topological polar surface area (TPSA) is 306 Å². The van der Waals surface area contributed by atoms with Crippen LogP contribution in [-0.2, 0) is 46.3 Å². The molecule has 2 unspecified atom stereocenters. The summed E-state index contributed by atoms with van der Waals surface area (Å²) in [5, 5.41) is 41.4. The minimum atomic E-state index is -5.51. The van der Waals surface area contributed by atoms with E-state index in [1.165, 1.54) is 37.8 Å².